The third kappa shape index (κ3) is 7.30. The minimum atomic E-state index is 0.375. The highest BCUT2D eigenvalue weighted by molar-refractivity contribution is 4.66. The van der Waals surface area contributed by atoms with E-state index in [0.717, 1.165) is 26.4 Å². The lowest BCUT2D eigenvalue weighted by Gasteiger charge is -2.04. The molecule has 0 radical (unpaired) electrons. The Kier molecular flexibility index (Phi) is 7.01. The minimum Gasteiger partial charge on any atom is -0.379 e. The third-order valence-corrected chi connectivity index (χ3v) is 2.22. The molecule has 0 N–H and O–H groups in total. The van der Waals surface area contributed by atoms with E-state index in [1.807, 2.05) is 0 Å². The van der Waals surface area contributed by atoms with Gasteiger partial charge >= 0.3 is 0 Å². The second kappa shape index (κ2) is 8.21. The van der Waals surface area contributed by atoms with Crippen molar-refractivity contribution in [1.29, 1.82) is 0 Å². The maximum atomic E-state index is 5.42. The Bertz CT molecular complexity index is 124. The Morgan fingerprint density at radius 3 is 2.57 bits per heavy atom. The van der Waals surface area contributed by atoms with Gasteiger partial charge in [0.15, 0.2) is 0 Å². The molecule has 0 amide bonds. The molecule has 3 heteroatoms. The Morgan fingerprint density at radius 2 is 1.86 bits per heavy atom. The fourth-order valence-corrected chi connectivity index (χ4v) is 1.23. The van der Waals surface area contributed by atoms with Crippen LogP contribution >= 0.6 is 0 Å². The molecule has 0 bridgehead atoms. The topological polar surface area (TPSA) is 31.0 Å². The maximum Gasteiger partial charge on any atom is 0.104 e. The number of hydrogen-bond acceptors (Lipinski definition) is 3. The van der Waals surface area contributed by atoms with Crippen LogP contribution in [0.5, 0.6) is 0 Å². The smallest absolute Gasteiger partial charge is 0.104 e. The van der Waals surface area contributed by atoms with Gasteiger partial charge in [-0.2, -0.15) is 0 Å². The van der Waals surface area contributed by atoms with Crippen LogP contribution in [0.3, 0.4) is 0 Å². The van der Waals surface area contributed by atoms with E-state index in [9.17, 15) is 0 Å². The van der Waals surface area contributed by atoms with Gasteiger partial charge in [-0.05, 0) is 6.42 Å². The van der Waals surface area contributed by atoms with Crippen molar-refractivity contribution < 1.29 is 14.2 Å². The fraction of sp³-hybridized carbons (Fsp3) is 1.00. The quantitative estimate of drug-likeness (QED) is 0.401. The molecule has 1 aliphatic heterocycles. The molecule has 1 fully saturated rings. The zero-order chi connectivity index (χ0) is 10.1. The van der Waals surface area contributed by atoms with Gasteiger partial charge in [-0.1, -0.05) is 26.2 Å². The fourth-order valence-electron chi connectivity index (χ4n) is 1.23. The standard InChI is InChI=1S/C11H22O3/c1-2-3-4-5-6-12-7-8-13-9-11-10-14-11/h11H,2-10H2,1H3/t11-/m0/s1. The molecule has 1 heterocycles. The summed E-state index contributed by atoms with van der Waals surface area (Å²) in [7, 11) is 0. The largest absolute Gasteiger partial charge is 0.379 e. The summed E-state index contributed by atoms with van der Waals surface area (Å²) in [6.45, 7) is 6.13. The van der Waals surface area contributed by atoms with Crippen LogP contribution in [0.2, 0.25) is 0 Å². The Balaban J connectivity index is 1.63. The first-order valence-corrected chi connectivity index (χ1v) is 5.70. The van der Waals surface area contributed by atoms with E-state index >= 15 is 0 Å². The number of unbranched alkanes of at least 4 members (excludes halogenated alkanes) is 3. The highest BCUT2D eigenvalue weighted by atomic mass is 16.6. The monoisotopic (exact) mass is 202 g/mol. The van der Waals surface area contributed by atoms with Crippen molar-refractivity contribution in [2.45, 2.75) is 38.7 Å². The molecule has 1 rings (SSSR count). The van der Waals surface area contributed by atoms with Crippen molar-refractivity contribution >= 4 is 0 Å². The normalized spacial score (nSPS) is 19.9. The van der Waals surface area contributed by atoms with Gasteiger partial charge in [0.25, 0.3) is 0 Å². The Morgan fingerprint density at radius 1 is 1.07 bits per heavy atom. The third-order valence-electron chi connectivity index (χ3n) is 2.22. The van der Waals surface area contributed by atoms with Gasteiger partial charge in [-0.3, -0.25) is 0 Å². The summed E-state index contributed by atoms with van der Waals surface area (Å²) in [6.07, 6.45) is 5.44. The SMILES string of the molecule is CCCCCCOCCOC[C@H]1CO1. The van der Waals surface area contributed by atoms with Crippen molar-refractivity contribution in [3.8, 4) is 0 Å². The van der Waals surface area contributed by atoms with Crippen LogP contribution in [0.1, 0.15) is 32.6 Å². The van der Waals surface area contributed by atoms with Crippen LogP contribution in [0.15, 0.2) is 0 Å². The van der Waals surface area contributed by atoms with E-state index < -0.39 is 0 Å². The molecule has 0 saturated carbocycles. The van der Waals surface area contributed by atoms with Crippen LogP contribution in [-0.2, 0) is 14.2 Å². The van der Waals surface area contributed by atoms with Crippen molar-refractivity contribution in [3.05, 3.63) is 0 Å². The summed E-state index contributed by atoms with van der Waals surface area (Å²) in [5.41, 5.74) is 0. The average molecular weight is 202 g/mol. The van der Waals surface area contributed by atoms with Crippen LogP contribution in [0, 0.1) is 0 Å². The van der Waals surface area contributed by atoms with E-state index in [2.05, 4.69) is 6.92 Å². The molecule has 3 nitrogen and oxygen atoms in total. The van der Waals surface area contributed by atoms with E-state index in [-0.39, 0.29) is 0 Å². The van der Waals surface area contributed by atoms with Crippen molar-refractivity contribution in [2.24, 2.45) is 0 Å². The molecule has 0 aromatic rings. The second-order valence-corrected chi connectivity index (χ2v) is 3.70. The summed E-state index contributed by atoms with van der Waals surface area (Å²) in [6, 6.07) is 0. The molecule has 84 valence electrons. The highest BCUT2D eigenvalue weighted by Gasteiger charge is 2.21. The van der Waals surface area contributed by atoms with E-state index in [1.165, 1.54) is 25.7 Å². The minimum absolute atomic E-state index is 0.375. The molecule has 1 saturated heterocycles. The predicted octanol–water partition coefficient (Wildman–Crippen LogP) is 2.00. The lowest BCUT2D eigenvalue weighted by Crippen LogP contribution is -2.08. The summed E-state index contributed by atoms with van der Waals surface area (Å²) >= 11 is 0. The van der Waals surface area contributed by atoms with E-state index in [0.29, 0.717) is 12.7 Å². The molecular weight excluding hydrogens is 180 g/mol. The summed E-state index contributed by atoms with van der Waals surface area (Å²) < 4.78 is 15.8. The van der Waals surface area contributed by atoms with E-state index in [4.69, 9.17) is 14.2 Å². The molecule has 0 spiro atoms. The zero-order valence-electron chi connectivity index (χ0n) is 9.17. The van der Waals surface area contributed by atoms with Crippen molar-refractivity contribution in [3.63, 3.8) is 0 Å². The van der Waals surface area contributed by atoms with Crippen LogP contribution in [0.25, 0.3) is 0 Å². The molecule has 14 heavy (non-hydrogen) atoms. The summed E-state index contributed by atoms with van der Waals surface area (Å²) in [4.78, 5) is 0. The zero-order valence-corrected chi connectivity index (χ0v) is 9.17. The maximum absolute atomic E-state index is 5.42. The first-order chi connectivity index (χ1) is 6.93. The van der Waals surface area contributed by atoms with Crippen molar-refractivity contribution in [2.75, 3.05) is 33.0 Å². The first-order valence-electron chi connectivity index (χ1n) is 5.70. The Labute approximate surface area is 86.7 Å². The van der Waals surface area contributed by atoms with Gasteiger partial charge in [0.1, 0.15) is 6.10 Å². The molecule has 1 atom stereocenters. The second-order valence-electron chi connectivity index (χ2n) is 3.70. The molecule has 1 aliphatic rings. The average Bonchev–Trinajstić information content (AvgIpc) is 2.99. The molecular formula is C11H22O3. The lowest BCUT2D eigenvalue weighted by atomic mass is 10.2. The number of ether oxygens (including phenoxy) is 3. The van der Waals surface area contributed by atoms with Gasteiger partial charge in [0.2, 0.25) is 0 Å². The summed E-state index contributed by atoms with van der Waals surface area (Å²) in [5, 5.41) is 0. The molecule has 0 aliphatic carbocycles. The van der Waals surface area contributed by atoms with Gasteiger partial charge in [0, 0.05) is 6.61 Å². The van der Waals surface area contributed by atoms with Gasteiger partial charge < -0.3 is 14.2 Å². The van der Waals surface area contributed by atoms with Crippen LogP contribution in [0.4, 0.5) is 0 Å². The lowest BCUT2D eigenvalue weighted by molar-refractivity contribution is 0.0406. The molecule has 0 aromatic carbocycles. The van der Waals surface area contributed by atoms with Gasteiger partial charge in [0.05, 0.1) is 26.4 Å². The van der Waals surface area contributed by atoms with Gasteiger partial charge in [-0.15, -0.1) is 0 Å². The molecule has 0 aromatic heterocycles. The van der Waals surface area contributed by atoms with E-state index in [1.54, 1.807) is 0 Å². The van der Waals surface area contributed by atoms with Gasteiger partial charge in [-0.25, -0.2) is 0 Å². The predicted molar refractivity (Wildman–Crippen MR) is 55.5 cm³/mol. The molecule has 0 unspecified atom stereocenters. The highest BCUT2D eigenvalue weighted by Crippen LogP contribution is 2.08. The number of hydrogen-bond donors (Lipinski definition) is 0. The van der Waals surface area contributed by atoms with Crippen LogP contribution in [-0.4, -0.2) is 39.1 Å². The van der Waals surface area contributed by atoms with Crippen LogP contribution < -0.4 is 0 Å². The van der Waals surface area contributed by atoms with Crippen molar-refractivity contribution in [1.82, 2.24) is 0 Å². The number of epoxide rings is 1. The summed E-state index contributed by atoms with van der Waals surface area (Å²) in [5.74, 6) is 0. The Hall–Kier alpha value is -0.120. The number of rotatable bonds is 10. The first kappa shape index (κ1) is 12.0.